The summed E-state index contributed by atoms with van der Waals surface area (Å²) in [6.45, 7) is 0. The Hall–Kier alpha value is -10.5. The summed E-state index contributed by atoms with van der Waals surface area (Å²) in [5, 5.41) is 198. The van der Waals surface area contributed by atoms with Crippen LogP contribution in [0.4, 0.5) is 0 Å². The first-order valence-electron chi connectivity index (χ1n) is 21.0. The first-order valence-corrected chi connectivity index (χ1v) is 21.0. The van der Waals surface area contributed by atoms with Crippen molar-refractivity contribution in [3.05, 3.63) is 0 Å². The van der Waals surface area contributed by atoms with Crippen molar-refractivity contribution >= 4 is 162 Å². The second kappa shape index (κ2) is 14.6. The van der Waals surface area contributed by atoms with Gasteiger partial charge in [-0.05, 0) is 16.4 Å². The highest BCUT2D eigenvalue weighted by atomic mass is 17.0. The monoisotopic (exact) mass is 1020 g/mol. The molecule has 12 radical (unpaired) electrons. The standard InChI is InChI=1S/C45H18B6N4O21/c46-12-9(26(61)29(64)15(49)14(12)48)43-52-44(10-13(47)28(63)36(71)34(69)27(10)62)54-45(53-43)11-21(56)7-1-2-8-39(74-42(2)38(73)35(70)24(1)59)5-4-20(32(67)37(72)33(68)25(4)60)55-18(5)6(40(8)75-76-41(7)17(51)23(11)58)3-19(55)31(66)30(65)16(50)22(3)57/h56-73H. The molecule has 0 aliphatic heterocycles. The number of hydrogen-bond donors (Lipinski definition) is 18. The van der Waals surface area contributed by atoms with Crippen LogP contribution in [0.25, 0.3) is 116 Å². The van der Waals surface area contributed by atoms with Crippen LogP contribution in [-0.4, -0.2) is 158 Å². The fraction of sp³-hybridized carbons (Fsp3) is 0. The van der Waals surface area contributed by atoms with Gasteiger partial charge in [-0.15, -0.1) is 5.46 Å². The molecule has 0 bridgehead atoms. The van der Waals surface area contributed by atoms with Crippen molar-refractivity contribution in [2.24, 2.45) is 0 Å². The number of fused-ring (bicyclic) bond motifs is 10. The molecule has 0 amide bonds. The molecule has 18 N–H and O–H groups in total. The number of benzene rings is 7. The number of nitrogens with zero attached hydrogens (tertiary/aromatic N) is 4. The van der Waals surface area contributed by atoms with E-state index in [0.717, 1.165) is 4.40 Å². The van der Waals surface area contributed by atoms with Gasteiger partial charge in [0.2, 0.25) is 40.1 Å². The fourth-order valence-corrected chi connectivity index (χ4v) is 9.81. The first kappa shape index (κ1) is 46.6. The van der Waals surface area contributed by atoms with Gasteiger partial charge in [-0.2, -0.15) is 0 Å². The Balaban J connectivity index is 1.33. The molecule has 362 valence electrons. The first-order chi connectivity index (χ1) is 35.8. The van der Waals surface area contributed by atoms with Crippen molar-refractivity contribution in [2.75, 3.05) is 0 Å². The van der Waals surface area contributed by atoms with E-state index < -0.39 is 247 Å². The zero-order valence-corrected chi connectivity index (χ0v) is 37.0. The maximum Gasteiger partial charge on any atom is 0.206 e. The second-order valence-electron chi connectivity index (χ2n) is 17.2. The minimum absolute atomic E-state index is 0.378. The zero-order valence-electron chi connectivity index (χ0n) is 37.0. The molecule has 0 aliphatic carbocycles. The summed E-state index contributed by atoms with van der Waals surface area (Å²) in [5.74, 6) is -25.3. The van der Waals surface area contributed by atoms with Crippen molar-refractivity contribution in [1.29, 1.82) is 0 Å². The number of phenolic OH excluding ortho intramolecular Hbond substituents is 18. The van der Waals surface area contributed by atoms with E-state index in [4.69, 9.17) is 60.6 Å². The highest BCUT2D eigenvalue weighted by molar-refractivity contribution is 6.60. The molecule has 0 saturated carbocycles. The van der Waals surface area contributed by atoms with E-state index in [-0.39, 0.29) is 5.52 Å². The number of aromatic nitrogens is 4. The summed E-state index contributed by atoms with van der Waals surface area (Å²) < 4.78 is 18.8. The molecule has 0 aliphatic rings. The minimum Gasteiger partial charge on any atom is -0.508 e. The molecule has 25 nitrogen and oxygen atoms in total. The Morgan fingerprint density at radius 1 is 0.250 bits per heavy atom. The van der Waals surface area contributed by atoms with E-state index in [1.54, 1.807) is 0 Å². The normalized spacial score (nSPS) is 12.2. The van der Waals surface area contributed by atoms with Crippen LogP contribution in [0.15, 0.2) is 13.6 Å². The van der Waals surface area contributed by atoms with Gasteiger partial charge >= 0.3 is 0 Å². The van der Waals surface area contributed by atoms with Gasteiger partial charge in [0.25, 0.3) is 0 Å². The van der Waals surface area contributed by atoms with E-state index in [1.165, 1.54) is 0 Å². The minimum atomic E-state index is -1.40. The lowest BCUT2D eigenvalue weighted by Crippen LogP contribution is -2.40. The maximum atomic E-state index is 12.7. The van der Waals surface area contributed by atoms with Crippen molar-refractivity contribution in [3.63, 3.8) is 0 Å². The molecule has 12 rings (SSSR count). The van der Waals surface area contributed by atoms with Crippen LogP contribution in [0.2, 0.25) is 0 Å². The Morgan fingerprint density at radius 3 is 1.33 bits per heavy atom. The summed E-state index contributed by atoms with van der Waals surface area (Å²) in [5.41, 5.74) is -12.2. The lowest BCUT2D eigenvalue weighted by atomic mass is 9.69. The SMILES string of the molecule is [B]c1c([B])c(O)c(O)c(-c2nc(-c3c([B])c(O)c(O)c(O)c3O)nc(-c3c(O)c([B])c4ooc5c6c(oc7c(O)c(O)c(O)c(c4c3O)c76)c3c4c(O)c(O)c(O)c(O)c4n4c6c(O)c(O)c([B])c(O)c6c5c34)n2)c1[B]. The van der Waals surface area contributed by atoms with Crippen molar-refractivity contribution in [1.82, 2.24) is 19.4 Å². The Bertz CT molecular complexity index is 4690. The topological polar surface area (TPSA) is 447 Å². The van der Waals surface area contributed by atoms with Crippen molar-refractivity contribution in [3.8, 4) is 138 Å². The molecule has 0 fully saturated rings. The average molecular weight is 1020 g/mol. The van der Waals surface area contributed by atoms with Gasteiger partial charge in [-0.25, -0.2) is 15.0 Å². The van der Waals surface area contributed by atoms with Gasteiger partial charge in [-0.3, -0.25) is 9.15 Å². The van der Waals surface area contributed by atoms with Crippen molar-refractivity contribution in [2.45, 2.75) is 0 Å². The van der Waals surface area contributed by atoms with Crippen LogP contribution in [0.5, 0.6) is 103 Å². The molecule has 7 aromatic carbocycles. The van der Waals surface area contributed by atoms with Crippen molar-refractivity contribution < 1.29 is 105 Å². The van der Waals surface area contributed by atoms with E-state index in [2.05, 4.69) is 15.0 Å². The van der Waals surface area contributed by atoms with Crippen LogP contribution >= 0.6 is 0 Å². The molecule has 0 atom stereocenters. The summed E-state index contributed by atoms with van der Waals surface area (Å²) in [6.07, 6.45) is 0. The highest BCUT2D eigenvalue weighted by Crippen LogP contribution is 2.61. The molecular weight excluding hydrogens is 997 g/mol. The van der Waals surface area contributed by atoms with Crippen LogP contribution in [0.3, 0.4) is 0 Å². The predicted octanol–water partition coefficient (Wildman–Crippen LogP) is -0.560. The van der Waals surface area contributed by atoms with E-state index >= 15 is 0 Å². The number of aromatic hydroxyl groups is 18. The van der Waals surface area contributed by atoms with E-state index in [1.807, 2.05) is 0 Å². The van der Waals surface area contributed by atoms with E-state index in [9.17, 15) is 91.9 Å². The molecule has 0 spiro atoms. The largest absolute Gasteiger partial charge is 0.508 e. The molecule has 0 unspecified atom stereocenters. The Kier molecular flexibility index (Phi) is 8.96. The molecule has 12 aromatic rings. The van der Waals surface area contributed by atoms with Crippen LogP contribution in [0.1, 0.15) is 0 Å². The smallest absolute Gasteiger partial charge is 0.206 e. The average Bonchev–Trinajstić information content (AvgIpc) is 4.14. The molecule has 0 saturated heterocycles. The lowest BCUT2D eigenvalue weighted by molar-refractivity contribution is 0.0927. The molecule has 5 aromatic heterocycles. The highest BCUT2D eigenvalue weighted by Gasteiger charge is 2.38. The quantitative estimate of drug-likeness (QED) is 0.0456. The number of hydrogen-bond acceptors (Lipinski definition) is 24. The van der Waals surface area contributed by atoms with Gasteiger partial charge in [0.15, 0.2) is 74.6 Å². The second-order valence-corrected chi connectivity index (χ2v) is 17.2. The summed E-state index contributed by atoms with van der Waals surface area (Å²) in [7, 11) is 36.7. The fourth-order valence-electron chi connectivity index (χ4n) is 9.81. The summed E-state index contributed by atoms with van der Waals surface area (Å²) in [6, 6.07) is 0. The third-order valence-electron chi connectivity index (χ3n) is 13.4. The number of phenols is 18. The van der Waals surface area contributed by atoms with Gasteiger partial charge in [0.05, 0.1) is 49.0 Å². The molecular formula is C45H18B6N4O21. The lowest BCUT2D eigenvalue weighted by Gasteiger charge is -2.19. The van der Waals surface area contributed by atoms with Crippen LogP contribution in [-0.2, 0) is 0 Å². The molecule has 5 heterocycles. The Morgan fingerprint density at radius 2 is 0.697 bits per heavy atom. The summed E-state index contributed by atoms with van der Waals surface area (Å²) >= 11 is 0. The predicted molar refractivity (Wildman–Crippen MR) is 269 cm³/mol. The number of rotatable bonds is 3. The zero-order chi connectivity index (χ0) is 54.8. The van der Waals surface area contributed by atoms with Gasteiger partial charge in [0.1, 0.15) is 92.3 Å². The van der Waals surface area contributed by atoms with E-state index in [0.29, 0.717) is 0 Å². The number of furan rings is 1. The van der Waals surface area contributed by atoms with Gasteiger partial charge in [0, 0.05) is 10.8 Å². The third-order valence-corrected chi connectivity index (χ3v) is 13.4. The molecule has 76 heavy (non-hydrogen) atoms. The van der Waals surface area contributed by atoms with Crippen LogP contribution in [0, 0.1) is 0 Å². The summed E-state index contributed by atoms with van der Waals surface area (Å²) in [4.78, 5) is 12.5. The van der Waals surface area contributed by atoms with Gasteiger partial charge < -0.3 is 101 Å². The third kappa shape index (κ3) is 5.20. The molecule has 31 heteroatoms. The Labute approximate surface area is 423 Å². The van der Waals surface area contributed by atoms with Gasteiger partial charge in [-0.1, -0.05) is 10.9 Å². The maximum absolute atomic E-state index is 12.7. The van der Waals surface area contributed by atoms with Crippen LogP contribution < -0.4 is 32.8 Å².